The Labute approximate surface area is 188 Å². The molecule has 8 nitrogen and oxygen atoms in total. The Morgan fingerprint density at radius 3 is 2.44 bits per heavy atom. The molecule has 1 aromatic carbocycles. The highest BCUT2D eigenvalue weighted by Crippen LogP contribution is 2.22. The second-order valence-electron chi connectivity index (χ2n) is 7.75. The second-order valence-corrected chi connectivity index (χ2v) is 7.75. The molecule has 3 heterocycles. The molecule has 0 bridgehead atoms. The molecule has 1 amide bonds. The zero-order chi connectivity index (χ0) is 22.5. The summed E-state index contributed by atoms with van der Waals surface area (Å²) in [6, 6.07) is 13.7. The van der Waals surface area contributed by atoms with Gasteiger partial charge in [-0.15, -0.1) is 0 Å². The van der Waals surface area contributed by atoms with Crippen LogP contribution in [-0.4, -0.2) is 58.5 Å². The van der Waals surface area contributed by atoms with E-state index in [-0.39, 0.29) is 5.91 Å². The number of nitrogens with one attached hydrogen (secondary N) is 1. The molecule has 3 aromatic rings. The van der Waals surface area contributed by atoms with Gasteiger partial charge in [0.2, 0.25) is 5.88 Å². The number of piperazine rings is 1. The van der Waals surface area contributed by atoms with Gasteiger partial charge in [0, 0.05) is 50.2 Å². The first-order valence-corrected chi connectivity index (χ1v) is 10.8. The number of carbonyl (C=O) groups excluding carboxylic acids is 1. The molecule has 32 heavy (non-hydrogen) atoms. The van der Waals surface area contributed by atoms with Crippen molar-refractivity contribution in [3.63, 3.8) is 0 Å². The molecule has 166 valence electrons. The molecular weight excluding hydrogens is 404 g/mol. The van der Waals surface area contributed by atoms with Crippen molar-refractivity contribution < 1.29 is 9.53 Å². The van der Waals surface area contributed by atoms with E-state index >= 15 is 0 Å². The van der Waals surface area contributed by atoms with Crippen LogP contribution in [0.2, 0.25) is 0 Å². The molecule has 8 heteroatoms. The topological polar surface area (TPSA) is 83.5 Å². The van der Waals surface area contributed by atoms with E-state index in [4.69, 9.17) is 4.74 Å². The minimum Gasteiger partial charge on any atom is -0.478 e. The third-order valence-corrected chi connectivity index (χ3v) is 5.31. The van der Waals surface area contributed by atoms with Crippen LogP contribution in [-0.2, 0) is 0 Å². The van der Waals surface area contributed by atoms with Gasteiger partial charge in [0.05, 0.1) is 12.2 Å². The maximum atomic E-state index is 12.8. The minimum absolute atomic E-state index is 0.0132. The number of amides is 1. The molecule has 0 radical (unpaired) electrons. The number of hydrogen-bond acceptors (Lipinski definition) is 7. The average Bonchev–Trinajstić information content (AvgIpc) is 2.81. The van der Waals surface area contributed by atoms with Gasteiger partial charge in [-0.05, 0) is 39.0 Å². The summed E-state index contributed by atoms with van der Waals surface area (Å²) in [6.07, 6.45) is 1.58. The minimum atomic E-state index is -0.0132. The zero-order valence-electron chi connectivity index (χ0n) is 18.7. The number of anilines is 3. The maximum Gasteiger partial charge on any atom is 0.255 e. The van der Waals surface area contributed by atoms with E-state index in [1.165, 1.54) is 5.56 Å². The molecule has 2 aromatic heterocycles. The maximum absolute atomic E-state index is 12.8. The van der Waals surface area contributed by atoms with Crippen molar-refractivity contribution in [3.05, 3.63) is 65.6 Å². The molecule has 1 N–H and O–H groups in total. The van der Waals surface area contributed by atoms with Crippen molar-refractivity contribution >= 4 is 23.2 Å². The number of nitrogens with zero attached hydrogens (tertiary/aromatic N) is 5. The Bertz CT molecular complexity index is 1060. The predicted octanol–water partition coefficient (Wildman–Crippen LogP) is 3.59. The highest BCUT2D eigenvalue weighted by Gasteiger charge is 2.23. The van der Waals surface area contributed by atoms with Crippen molar-refractivity contribution in [2.75, 3.05) is 43.0 Å². The van der Waals surface area contributed by atoms with Gasteiger partial charge in [-0.25, -0.2) is 15.0 Å². The van der Waals surface area contributed by atoms with E-state index in [1.807, 2.05) is 36.9 Å². The quantitative estimate of drug-likeness (QED) is 0.637. The molecular formula is C24H28N6O2. The number of benzene rings is 1. The van der Waals surface area contributed by atoms with Crippen LogP contribution in [0.1, 0.15) is 28.7 Å². The van der Waals surface area contributed by atoms with Gasteiger partial charge in [0.1, 0.15) is 17.5 Å². The summed E-state index contributed by atoms with van der Waals surface area (Å²) in [7, 11) is 0. The lowest BCUT2D eigenvalue weighted by Crippen LogP contribution is -2.49. The van der Waals surface area contributed by atoms with Gasteiger partial charge in [0.25, 0.3) is 5.91 Å². The molecule has 0 aliphatic carbocycles. The predicted molar refractivity (Wildman–Crippen MR) is 125 cm³/mol. The van der Waals surface area contributed by atoms with E-state index in [9.17, 15) is 4.79 Å². The molecule has 0 saturated carbocycles. The summed E-state index contributed by atoms with van der Waals surface area (Å²) in [5, 5.41) is 3.35. The molecule has 0 spiro atoms. The van der Waals surface area contributed by atoms with Gasteiger partial charge < -0.3 is 19.9 Å². The summed E-state index contributed by atoms with van der Waals surface area (Å²) in [6.45, 7) is 9.06. The number of hydrogen-bond donors (Lipinski definition) is 1. The molecule has 1 aliphatic heterocycles. The van der Waals surface area contributed by atoms with Gasteiger partial charge in [-0.1, -0.05) is 17.7 Å². The zero-order valence-corrected chi connectivity index (χ0v) is 18.7. The Hall–Kier alpha value is -3.68. The number of carbonyl (C=O) groups is 1. The van der Waals surface area contributed by atoms with Crippen molar-refractivity contribution in [1.29, 1.82) is 0 Å². The smallest absolute Gasteiger partial charge is 0.255 e. The van der Waals surface area contributed by atoms with E-state index in [0.29, 0.717) is 50.1 Å². The highest BCUT2D eigenvalue weighted by atomic mass is 16.5. The van der Waals surface area contributed by atoms with Crippen molar-refractivity contribution in [2.45, 2.75) is 20.8 Å². The third-order valence-electron chi connectivity index (χ3n) is 5.31. The number of pyridine rings is 1. The van der Waals surface area contributed by atoms with E-state index in [0.717, 1.165) is 17.3 Å². The standard InChI is InChI=1S/C24H28N6O2/c1-4-32-23-10-7-19(16-25-23)24(31)30-13-11-29(12-14-30)22-15-21(26-18(3)27-22)28-20-8-5-17(2)6-9-20/h5-10,15-16H,4,11-14H2,1-3H3,(H,26,27,28). The molecule has 0 atom stereocenters. The summed E-state index contributed by atoms with van der Waals surface area (Å²) < 4.78 is 5.35. The SMILES string of the molecule is CCOc1ccc(C(=O)N2CCN(c3cc(Nc4ccc(C)cc4)nc(C)n3)CC2)cn1. The lowest BCUT2D eigenvalue weighted by Gasteiger charge is -2.35. The first kappa shape index (κ1) is 21.5. The average molecular weight is 433 g/mol. The number of ether oxygens (including phenoxy) is 1. The fraction of sp³-hybridized carbons (Fsp3) is 0.333. The van der Waals surface area contributed by atoms with Crippen LogP contribution in [0.5, 0.6) is 5.88 Å². The van der Waals surface area contributed by atoms with Gasteiger partial charge in [-0.3, -0.25) is 4.79 Å². The van der Waals surface area contributed by atoms with Crippen molar-refractivity contribution in [3.8, 4) is 5.88 Å². The van der Waals surface area contributed by atoms with Crippen LogP contribution in [0.15, 0.2) is 48.7 Å². The van der Waals surface area contributed by atoms with Crippen LogP contribution in [0.25, 0.3) is 0 Å². The van der Waals surface area contributed by atoms with E-state index in [2.05, 4.69) is 44.2 Å². The fourth-order valence-electron chi connectivity index (χ4n) is 3.62. The van der Waals surface area contributed by atoms with Gasteiger partial charge in [-0.2, -0.15) is 0 Å². The monoisotopic (exact) mass is 432 g/mol. The Morgan fingerprint density at radius 1 is 1.03 bits per heavy atom. The molecule has 4 rings (SSSR count). The van der Waals surface area contributed by atoms with E-state index < -0.39 is 0 Å². The molecule has 1 fully saturated rings. The first-order chi connectivity index (χ1) is 15.5. The number of rotatable bonds is 6. The van der Waals surface area contributed by atoms with Crippen LogP contribution in [0.4, 0.5) is 17.3 Å². The molecule has 1 saturated heterocycles. The van der Waals surface area contributed by atoms with Crippen molar-refractivity contribution in [1.82, 2.24) is 19.9 Å². The molecule has 0 unspecified atom stereocenters. The largest absolute Gasteiger partial charge is 0.478 e. The van der Waals surface area contributed by atoms with Crippen LogP contribution < -0.4 is 15.0 Å². The third kappa shape index (κ3) is 5.14. The Balaban J connectivity index is 1.39. The van der Waals surface area contributed by atoms with Crippen LogP contribution in [0.3, 0.4) is 0 Å². The Morgan fingerprint density at radius 2 is 1.78 bits per heavy atom. The van der Waals surface area contributed by atoms with E-state index in [1.54, 1.807) is 18.3 Å². The first-order valence-electron chi connectivity index (χ1n) is 10.8. The van der Waals surface area contributed by atoms with Gasteiger partial charge in [0.15, 0.2) is 0 Å². The normalized spacial score (nSPS) is 13.7. The van der Waals surface area contributed by atoms with Gasteiger partial charge >= 0.3 is 0 Å². The van der Waals surface area contributed by atoms with Crippen LogP contribution in [0, 0.1) is 13.8 Å². The molecule has 1 aliphatic rings. The Kier molecular flexibility index (Phi) is 6.49. The fourth-order valence-corrected chi connectivity index (χ4v) is 3.62. The number of aromatic nitrogens is 3. The van der Waals surface area contributed by atoms with Crippen molar-refractivity contribution in [2.24, 2.45) is 0 Å². The summed E-state index contributed by atoms with van der Waals surface area (Å²) in [5.74, 6) is 2.84. The summed E-state index contributed by atoms with van der Waals surface area (Å²) in [4.78, 5) is 30.2. The summed E-state index contributed by atoms with van der Waals surface area (Å²) in [5.41, 5.74) is 2.77. The lowest BCUT2D eigenvalue weighted by atomic mass is 10.2. The lowest BCUT2D eigenvalue weighted by molar-refractivity contribution is 0.0746. The highest BCUT2D eigenvalue weighted by molar-refractivity contribution is 5.94. The van der Waals surface area contributed by atoms with Crippen LogP contribution >= 0.6 is 0 Å². The second kappa shape index (κ2) is 9.64. The number of aryl methyl sites for hydroxylation is 2. The summed E-state index contributed by atoms with van der Waals surface area (Å²) >= 11 is 0.